The third kappa shape index (κ3) is 3.96. The number of nitrogen functional groups attached to an aromatic ring is 1. The summed E-state index contributed by atoms with van der Waals surface area (Å²) >= 11 is 0. The van der Waals surface area contributed by atoms with Crippen LogP contribution in [0.15, 0.2) is 23.1 Å². The minimum atomic E-state index is -4.51. The van der Waals surface area contributed by atoms with Crippen LogP contribution >= 0.6 is 0 Å². The number of hydrogen-bond acceptors (Lipinski definition) is 3. The number of anilines is 1. The highest BCUT2D eigenvalue weighted by Gasteiger charge is 2.31. The van der Waals surface area contributed by atoms with Gasteiger partial charge in [-0.3, -0.25) is 9.00 Å². The van der Waals surface area contributed by atoms with Crippen molar-refractivity contribution < 1.29 is 22.2 Å². The molecule has 0 aliphatic carbocycles. The van der Waals surface area contributed by atoms with Gasteiger partial charge < -0.3 is 10.6 Å². The third-order valence-electron chi connectivity index (χ3n) is 2.74. The first kappa shape index (κ1) is 16.5. The van der Waals surface area contributed by atoms with Crippen molar-refractivity contribution in [1.29, 1.82) is 0 Å². The summed E-state index contributed by atoms with van der Waals surface area (Å²) in [6.07, 6.45) is -4.51. The van der Waals surface area contributed by atoms with E-state index in [2.05, 4.69) is 0 Å². The quantitative estimate of drug-likeness (QED) is 0.864. The number of rotatable bonds is 4. The van der Waals surface area contributed by atoms with Gasteiger partial charge in [-0.25, -0.2) is 0 Å². The Labute approximate surface area is 117 Å². The number of benzene rings is 1. The predicted octanol–water partition coefficient (Wildman–Crippen LogP) is 1.87. The molecule has 0 radical (unpaired) electrons. The Morgan fingerprint density at radius 1 is 1.40 bits per heavy atom. The Bertz CT molecular complexity index is 532. The molecule has 0 fully saturated rings. The molecule has 0 aromatic heterocycles. The van der Waals surface area contributed by atoms with Gasteiger partial charge in [0.15, 0.2) is 0 Å². The second kappa shape index (κ2) is 6.25. The Kier molecular flexibility index (Phi) is 5.15. The van der Waals surface area contributed by atoms with Gasteiger partial charge >= 0.3 is 6.18 Å². The van der Waals surface area contributed by atoms with Gasteiger partial charge in [-0.15, -0.1) is 0 Å². The lowest BCUT2D eigenvalue weighted by Crippen LogP contribution is -2.30. The molecule has 0 aliphatic heterocycles. The van der Waals surface area contributed by atoms with Crippen molar-refractivity contribution in [2.24, 2.45) is 0 Å². The summed E-state index contributed by atoms with van der Waals surface area (Å²) in [4.78, 5) is 13.0. The van der Waals surface area contributed by atoms with Gasteiger partial charge in [0.05, 0.1) is 21.3 Å². The number of amides is 1. The lowest BCUT2D eigenvalue weighted by atomic mass is 10.2. The van der Waals surface area contributed by atoms with Crippen LogP contribution in [0.5, 0.6) is 0 Å². The minimum Gasteiger partial charge on any atom is -0.398 e. The smallest absolute Gasteiger partial charge is 0.398 e. The van der Waals surface area contributed by atoms with Gasteiger partial charge in [0.2, 0.25) is 5.91 Å². The van der Waals surface area contributed by atoms with Crippen LogP contribution in [0.1, 0.15) is 12.5 Å². The van der Waals surface area contributed by atoms with Gasteiger partial charge in [0.1, 0.15) is 5.75 Å². The molecule has 2 N–H and O–H groups in total. The van der Waals surface area contributed by atoms with Gasteiger partial charge in [-0.2, -0.15) is 13.2 Å². The number of carbonyl (C=O) groups excluding carboxylic acids is 1. The lowest BCUT2D eigenvalue weighted by Gasteiger charge is -2.15. The number of alkyl halides is 3. The topological polar surface area (TPSA) is 63.4 Å². The first-order valence-electron chi connectivity index (χ1n) is 5.75. The van der Waals surface area contributed by atoms with Crippen LogP contribution in [-0.2, 0) is 21.8 Å². The average Bonchev–Trinajstić information content (AvgIpc) is 2.36. The number of hydrogen-bond donors (Lipinski definition) is 1. The molecule has 1 amide bonds. The zero-order chi connectivity index (χ0) is 15.5. The molecule has 0 saturated heterocycles. The molecule has 8 heteroatoms. The minimum absolute atomic E-state index is 0.0378. The van der Waals surface area contributed by atoms with Gasteiger partial charge in [-0.05, 0) is 25.1 Å². The number of carbonyl (C=O) groups is 1. The van der Waals surface area contributed by atoms with E-state index in [1.54, 1.807) is 14.0 Å². The fourth-order valence-electron chi connectivity index (χ4n) is 1.41. The molecule has 1 unspecified atom stereocenters. The molecule has 20 heavy (non-hydrogen) atoms. The maximum Gasteiger partial charge on any atom is 0.416 e. The Morgan fingerprint density at radius 2 is 2.00 bits per heavy atom. The summed E-state index contributed by atoms with van der Waals surface area (Å²) in [6, 6.07) is 2.58. The summed E-state index contributed by atoms with van der Waals surface area (Å²) in [5.41, 5.74) is 4.34. The Balaban J connectivity index is 2.93. The molecular formula is C12H15F3N2O2S. The maximum absolute atomic E-state index is 12.5. The van der Waals surface area contributed by atoms with E-state index in [4.69, 9.17) is 5.73 Å². The van der Waals surface area contributed by atoms with E-state index < -0.39 is 22.5 Å². The van der Waals surface area contributed by atoms with E-state index in [1.807, 2.05) is 0 Å². The molecule has 0 spiro atoms. The largest absolute Gasteiger partial charge is 0.416 e. The van der Waals surface area contributed by atoms with Crippen LogP contribution < -0.4 is 5.73 Å². The van der Waals surface area contributed by atoms with Crippen molar-refractivity contribution in [1.82, 2.24) is 4.90 Å². The summed E-state index contributed by atoms with van der Waals surface area (Å²) in [5.74, 6) is -0.662. The van der Waals surface area contributed by atoms with Crippen molar-refractivity contribution in [3.8, 4) is 0 Å². The van der Waals surface area contributed by atoms with Gasteiger partial charge in [-0.1, -0.05) is 0 Å². The van der Waals surface area contributed by atoms with Crippen LogP contribution in [0.4, 0.5) is 18.9 Å². The predicted molar refractivity (Wildman–Crippen MR) is 70.4 cm³/mol. The first-order chi connectivity index (χ1) is 9.16. The fraction of sp³-hybridized carbons (Fsp3) is 0.417. The van der Waals surface area contributed by atoms with Gasteiger partial charge in [0.25, 0.3) is 0 Å². The molecule has 0 aliphatic rings. The Morgan fingerprint density at radius 3 is 2.45 bits per heavy atom. The average molecular weight is 308 g/mol. The normalized spacial score (nSPS) is 13.1. The highest BCUT2D eigenvalue weighted by atomic mass is 32.2. The van der Waals surface area contributed by atoms with Crippen LogP contribution in [0, 0.1) is 0 Å². The number of nitrogens with two attached hydrogens (primary N) is 1. The number of halogens is 3. The maximum atomic E-state index is 12.5. The van der Waals surface area contributed by atoms with Crippen molar-refractivity contribution in [2.45, 2.75) is 18.0 Å². The molecule has 4 nitrogen and oxygen atoms in total. The van der Waals surface area contributed by atoms with Gasteiger partial charge in [0, 0.05) is 19.3 Å². The third-order valence-corrected chi connectivity index (χ3v) is 4.11. The second-order valence-corrected chi connectivity index (χ2v) is 5.57. The second-order valence-electron chi connectivity index (χ2n) is 4.15. The van der Waals surface area contributed by atoms with Crippen LogP contribution in [0.3, 0.4) is 0 Å². The highest BCUT2D eigenvalue weighted by molar-refractivity contribution is 7.86. The first-order valence-corrected chi connectivity index (χ1v) is 7.07. The molecule has 0 heterocycles. The van der Waals surface area contributed by atoms with Crippen LogP contribution in [-0.4, -0.2) is 34.4 Å². The molecule has 112 valence electrons. The summed E-state index contributed by atoms with van der Waals surface area (Å²) in [7, 11) is -0.215. The van der Waals surface area contributed by atoms with E-state index in [0.717, 1.165) is 18.2 Å². The van der Waals surface area contributed by atoms with Crippen molar-refractivity contribution >= 4 is 22.4 Å². The summed E-state index contributed by atoms with van der Waals surface area (Å²) in [5, 5.41) is 0. The van der Waals surface area contributed by atoms with Crippen molar-refractivity contribution in [2.75, 3.05) is 25.1 Å². The van der Waals surface area contributed by atoms with Crippen LogP contribution in [0.2, 0.25) is 0 Å². The summed E-state index contributed by atoms with van der Waals surface area (Å²) in [6.45, 7) is 2.21. The molecule has 1 atom stereocenters. The molecule has 0 saturated carbocycles. The fourth-order valence-corrected chi connectivity index (χ4v) is 2.55. The monoisotopic (exact) mass is 308 g/mol. The molecular weight excluding hydrogens is 293 g/mol. The van der Waals surface area contributed by atoms with Crippen molar-refractivity contribution in [3.05, 3.63) is 23.8 Å². The molecule has 1 aromatic carbocycles. The molecule has 1 rings (SSSR count). The number of nitrogens with zero attached hydrogens (tertiary/aromatic N) is 1. The standard InChI is InChI=1S/C12H15F3N2O2S/c1-3-17(2)11(18)7-20(19)10-5-4-8(6-9(10)16)12(13,14)15/h4-6H,3,7,16H2,1-2H3. The van der Waals surface area contributed by atoms with E-state index >= 15 is 0 Å². The molecule has 1 aromatic rings. The zero-order valence-electron chi connectivity index (χ0n) is 11.0. The highest BCUT2D eigenvalue weighted by Crippen LogP contribution is 2.32. The van der Waals surface area contributed by atoms with E-state index in [0.29, 0.717) is 6.54 Å². The summed E-state index contributed by atoms with van der Waals surface area (Å²) < 4.78 is 49.4. The lowest BCUT2D eigenvalue weighted by molar-refractivity contribution is -0.137. The van der Waals surface area contributed by atoms with E-state index in [1.165, 1.54) is 4.90 Å². The van der Waals surface area contributed by atoms with E-state index in [-0.39, 0.29) is 22.2 Å². The van der Waals surface area contributed by atoms with Crippen molar-refractivity contribution in [3.63, 3.8) is 0 Å². The Hall–Kier alpha value is -1.57. The zero-order valence-corrected chi connectivity index (χ0v) is 11.8. The molecule has 0 bridgehead atoms. The SMILES string of the molecule is CCN(C)C(=O)CS(=O)c1ccc(C(F)(F)F)cc1N. The van der Waals surface area contributed by atoms with E-state index in [9.17, 15) is 22.2 Å². The van der Waals surface area contributed by atoms with Crippen LogP contribution in [0.25, 0.3) is 0 Å².